The molecule has 2 rings (SSSR count). The van der Waals surface area contributed by atoms with E-state index in [2.05, 4.69) is 29.2 Å². The molecule has 1 aliphatic rings. The second-order valence-corrected chi connectivity index (χ2v) is 6.31. The fourth-order valence-electron chi connectivity index (χ4n) is 2.98. The van der Waals surface area contributed by atoms with E-state index in [1.165, 1.54) is 38.6 Å². The first-order valence-corrected chi connectivity index (χ1v) is 8.37. The summed E-state index contributed by atoms with van der Waals surface area (Å²) in [5.41, 5.74) is 0. The number of piperidine rings is 1. The maximum Gasteiger partial charge on any atom is 0.286 e. The summed E-state index contributed by atoms with van der Waals surface area (Å²) in [5.74, 6) is 0.274. The van der Waals surface area contributed by atoms with Gasteiger partial charge in [0.15, 0.2) is 5.76 Å². The van der Waals surface area contributed by atoms with Crippen LogP contribution in [-0.2, 0) is 0 Å². The molecule has 0 atom stereocenters. The van der Waals surface area contributed by atoms with Crippen LogP contribution in [0.4, 0.5) is 0 Å². The van der Waals surface area contributed by atoms with Gasteiger partial charge in [0.05, 0.1) is 6.26 Å². The zero-order valence-electron chi connectivity index (χ0n) is 13.9. The van der Waals surface area contributed by atoms with Crippen molar-refractivity contribution < 1.29 is 9.21 Å². The van der Waals surface area contributed by atoms with E-state index in [9.17, 15) is 4.79 Å². The first kappa shape index (κ1) is 17.0. The van der Waals surface area contributed by atoms with E-state index in [0.29, 0.717) is 5.76 Å². The number of rotatable bonds is 8. The molecule has 1 N–H and O–H groups in total. The van der Waals surface area contributed by atoms with Crippen molar-refractivity contribution in [3.8, 4) is 0 Å². The lowest BCUT2D eigenvalue weighted by Crippen LogP contribution is -2.42. The zero-order valence-corrected chi connectivity index (χ0v) is 13.9. The Bertz CT molecular complexity index is 425. The highest BCUT2D eigenvalue weighted by Crippen LogP contribution is 2.14. The van der Waals surface area contributed by atoms with Gasteiger partial charge in [-0.3, -0.25) is 4.79 Å². The average Bonchev–Trinajstić information content (AvgIpc) is 3.05. The van der Waals surface area contributed by atoms with Crippen molar-refractivity contribution in [2.24, 2.45) is 0 Å². The first-order chi connectivity index (χ1) is 10.7. The molecule has 1 saturated heterocycles. The molecule has 1 fully saturated rings. The van der Waals surface area contributed by atoms with Crippen LogP contribution in [0.5, 0.6) is 0 Å². The SMILES string of the molecule is CN1CCC(N(C)CCCCCNC(=O)c2ccco2)CC1. The van der Waals surface area contributed by atoms with Crippen molar-refractivity contribution in [3.63, 3.8) is 0 Å². The molecule has 1 amide bonds. The van der Waals surface area contributed by atoms with Crippen LogP contribution in [0.2, 0.25) is 0 Å². The molecule has 22 heavy (non-hydrogen) atoms. The van der Waals surface area contributed by atoms with E-state index in [0.717, 1.165) is 32.0 Å². The van der Waals surface area contributed by atoms with Gasteiger partial charge < -0.3 is 19.5 Å². The van der Waals surface area contributed by atoms with E-state index >= 15 is 0 Å². The molecule has 1 aliphatic heterocycles. The molecule has 5 nitrogen and oxygen atoms in total. The molecule has 124 valence electrons. The van der Waals surface area contributed by atoms with Crippen LogP contribution in [-0.4, -0.2) is 62.0 Å². The summed E-state index contributed by atoms with van der Waals surface area (Å²) in [7, 11) is 4.45. The van der Waals surface area contributed by atoms with Gasteiger partial charge in [-0.15, -0.1) is 0 Å². The van der Waals surface area contributed by atoms with Crippen molar-refractivity contribution in [2.75, 3.05) is 40.3 Å². The maximum absolute atomic E-state index is 11.7. The standard InChI is InChI=1S/C17H29N3O2/c1-19-12-8-15(9-13-19)20(2)11-5-3-4-10-18-17(21)16-7-6-14-22-16/h6-7,14-15H,3-5,8-13H2,1-2H3,(H,18,21). The van der Waals surface area contributed by atoms with Crippen LogP contribution in [0.3, 0.4) is 0 Å². The summed E-state index contributed by atoms with van der Waals surface area (Å²) in [6, 6.07) is 4.16. The molecule has 0 radical (unpaired) electrons. The lowest BCUT2D eigenvalue weighted by molar-refractivity contribution is 0.0925. The zero-order chi connectivity index (χ0) is 15.8. The fourth-order valence-corrected chi connectivity index (χ4v) is 2.98. The summed E-state index contributed by atoms with van der Waals surface area (Å²) >= 11 is 0. The van der Waals surface area contributed by atoms with Crippen LogP contribution >= 0.6 is 0 Å². The second-order valence-electron chi connectivity index (χ2n) is 6.31. The monoisotopic (exact) mass is 307 g/mol. The van der Waals surface area contributed by atoms with Gasteiger partial charge >= 0.3 is 0 Å². The molecule has 1 aromatic heterocycles. The molecular formula is C17H29N3O2. The van der Waals surface area contributed by atoms with Crippen LogP contribution in [0.15, 0.2) is 22.8 Å². The van der Waals surface area contributed by atoms with Gasteiger partial charge in [-0.05, 0) is 71.5 Å². The van der Waals surface area contributed by atoms with Gasteiger partial charge in [0.2, 0.25) is 0 Å². The lowest BCUT2D eigenvalue weighted by Gasteiger charge is -2.35. The van der Waals surface area contributed by atoms with Gasteiger partial charge in [-0.1, -0.05) is 6.42 Å². The van der Waals surface area contributed by atoms with Crippen molar-refractivity contribution in [2.45, 2.75) is 38.1 Å². The van der Waals surface area contributed by atoms with E-state index in [1.807, 2.05) is 0 Å². The molecule has 0 bridgehead atoms. The summed E-state index contributed by atoms with van der Waals surface area (Å²) in [5, 5.41) is 2.89. The highest BCUT2D eigenvalue weighted by molar-refractivity contribution is 5.91. The Hall–Kier alpha value is -1.33. The summed E-state index contributed by atoms with van der Waals surface area (Å²) in [4.78, 5) is 16.6. The van der Waals surface area contributed by atoms with Gasteiger partial charge in [0.1, 0.15) is 0 Å². The first-order valence-electron chi connectivity index (χ1n) is 8.37. The molecule has 0 unspecified atom stereocenters. The van der Waals surface area contributed by atoms with Gasteiger partial charge in [-0.25, -0.2) is 0 Å². The van der Waals surface area contributed by atoms with Crippen LogP contribution < -0.4 is 5.32 Å². The predicted octanol–water partition coefficient (Wildman–Crippen LogP) is 2.21. The third-order valence-electron chi connectivity index (χ3n) is 4.53. The van der Waals surface area contributed by atoms with Crippen LogP contribution in [0.1, 0.15) is 42.7 Å². The highest BCUT2D eigenvalue weighted by atomic mass is 16.3. The molecular weight excluding hydrogens is 278 g/mol. The third-order valence-corrected chi connectivity index (χ3v) is 4.53. The normalized spacial score (nSPS) is 17.0. The van der Waals surface area contributed by atoms with Crippen LogP contribution in [0.25, 0.3) is 0 Å². The van der Waals surface area contributed by atoms with Crippen molar-refractivity contribution in [3.05, 3.63) is 24.2 Å². The van der Waals surface area contributed by atoms with Crippen molar-refractivity contribution in [1.82, 2.24) is 15.1 Å². The predicted molar refractivity (Wildman–Crippen MR) is 88.0 cm³/mol. The van der Waals surface area contributed by atoms with E-state index in [4.69, 9.17) is 4.42 Å². The number of nitrogens with one attached hydrogen (secondary N) is 1. The fraction of sp³-hybridized carbons (Fsp3) is 0.706. The number of nitrogens with zero attached hydrogens (tertiary/aromatic N) is 2. The minimum atomic E-state index is -0.117. The Morgan fingerprint density at radius 2 is 2.14 bits per heavy atom. The van der Waals surface area contributed by atoms with Crippen molar-refractivity contribution in [1.29, 1.82) is 0 Å². The number of unbranched alkanes of at least 4 members (excludes halogenated alkanes) is 2. The summed E-state index contributed by atoms with van der Waals surface area (Å²) in [6.07, 6.45) is 7.45. The summed E-state index contributed by atoms with van der Waals surface area (Å²) < 4.78 is 5.06. The highest BCUT2D eigenvalue weighted by Gasteiger charge is 2.19. The number of hydrogen-bond donors (Lipinski definition) is 1. The Balaban J connectivity index is 1.49. The number of likely N-dealkylation sites (tertiary alicyclic amines) is 1. The molecule has 0 aromatic carbocycles. The molecule has 0 spiro atoms. The van der Waals surface area contributed by atoms with E-state index in [-0.39, 0.29) is 5.91 Å². The Morgan fingerprint density at radius 3 is 2.82 bits per heavy atom. The van der Waals surface area contributed by atoms with Crippen LogP contribution in [0, 0.1) is 0 Å². The largest absolute Gasteiger partial charge is 0.459 e. The lowest BCUT2D eigenvalue weighted by atomic mass is 10.0. The minimum absolute atomic E-state index is 0.117. The van der Waals surface area contributed by atoms with Gasteiger partial charge in [0, 0.05) is 12.6 Å². The Kier molecular flexibility index (Phi) is 6.93. The average molecular weight is 307 g/mol. The minimum Gasteiger partial charge on any atom is -0.459 e. The van der Waals surface area contributed by atoms with Crippen molar-refractivity contribution >= 4 is 5.91 Å². The third kappa shape index (κ3) is 5.46. The molecule has 0 aliphatic carbocycles. The number of carbonyl (C=O) groups excluding carboxylic acids is 1. The maximum atomic E-state index is 11.7. The smallest absolute Gasteiger partial charge is 0.286 e. The molecule has 5 heteroatoms. The summed E-state index contributed by atoms with van der Waals surface area (Å²) in [6.45, 7) is 4.31. The number of hydrogen-bond acceptors (Lipinski definition) is 4. The Labute approximate surface area is 133 Å². The quantitative estimate of drug-likeness (QED) is 0.748. The Morgan fingerprint density at radius 1 is 1.36 bits per heavy atom. The van der Waals surface area contributed by atoms with Gasteiger partial charge in [0.25, 0.3) is 5.91 Å². The molecule has 0 saturated carbocycles. The van der Waals surface area contributed by atoms with Gasteiger partial charge in [-0.2, -0.15) is 0 Å². The molecule has 2 heterocycles. The number of furan rings is 1. The molecule has 1 aromatic rings. The topological polar surface area (TPSA) is 48.7 Å². The number of amides is 1. The second kappa shape index (κ2) is 8.96. The van der Waals surface area contributed by atoms with E-state index < -0.39 is 0 Å². The number of carbonyl (C=O) groups is 1. The van der Waals surface area contributed by atoms with E-state index in [1.54, 1.807) is 12.1 Å².